The lowest BCUT2D eigenvalue weighted by Crippen LogP contribution is -2.04. The lowest BCUT2D eigenvalue weighted by atomic mass is 10.4. The summed E-state index contributed by atoms with van der Waals surface area (Å²) in [6, 6.07) is 0. The van der Waals surface area contributed by atoms with Gasteiger partial charge in [0.1, 0.15) is 0 Å². The van der Waals surface area contributed by atoms with Gasteiger partial charge in [-0.3, -0.25) is 0 Å². The molecule has 1 saturated heterocycles. The molecule has 0 spiro atoms. The van der Waals surface area contributed by atoms with Gasteiger partial charge in [-0.1, -0.05) is 6.58 Å². The minimum absolute atomic E-state index is 1.17. The summed E-state index contributed by atoms with van der Waals surface area (Å²) in [4.78, 5) is 2.12. The lowest BCUT2D eigenvalue weighted by Gasteiger charge is -2.06. The van der Waals surface area contributed by atoms with E-state index in [1.807, 2.05) is 6.20 Å². The standard InChI is InChI=1S/C6H10N/c1-2-7-5-3-4-6-7/h2,5H,1,3-4,6H2. The molecule has 1 fully saturated rings. The van der Waals surface area contributed by atoms with Gasteiger partial charge in [0.15, 0.2) is 0 Å². The van der Waals surface area contributed by atoms with Crippen LogP contribution < -0.4 is 0 Å². The monoisotopic (exact) mass is 96.1 g/mol. The van der Waals surface area contributed by atoms with E-state index in [0.717, 1.165) is 0 Å². The van der Waals surface area contributed by atoms with Crippen LogP contribution in [0.1, 0.15) is 12.8 Å². The molecule has 1 heteroatoms. The second-order valence-electron chi connectivity index (χ2n) is 1.75. The molecule has 7 heavy (non-hydrogen) atoms. The Labute approximate surface area is 44.6 Å². The Hall–Kier alpha value is -0.460. The largest absolute Gasteiger partial charge is 0.373 e. The van der Waals surface area contributed by atoms with Crippen molar-refractivity contribution in [2.75, 3.05) is 6.54 Å². The van der Waals surface area contributed by atoms with Crippen molar-refractivity contribution in [2.24, 2.45) is 0 Å². The van der Waals surface area contributed by atoms with E-state index >= 15 is 0 Å². The third-order valence-corrected chi connectivity index (χ3v) is 1.22. The smallest absolute Gasteiger partial charge is 0.0488 e. The van der Waals surface area contributed by atoms with Gasteiger partial charge in [0.05, 0.1) is 0 Å². The Morgan fingerprint density at radius 2 is 2.57 bits per heavy atom. The summed E-state index contributed by atoms with van der Waals surface area (Å²) in [6.45, 7) is 6.98. The quantitative estimate of drug-likeness (QED) is 0.476. The molecule has 0 atom stereocenters. The summed E-state index contributed by atoms with van der Waals surface area (Å²) < 4.78 is 0. The first kappa shape index (κ1) is 4.69. The zero-order valence-electron chi connectivity index (χ0n) is 4.43. The van der Waals surface area contributed by atoms with Crippen molar-refractivity contribution < 1.29 is 0 Å². The van der Waals surface area contributed by atoms with Crippen molar-refractivity contribution in [1.82, 2.24) is 4.90 Å². The van der Waals surface area contributed by atoms with Gasteiger partial charge >= 0.3 is 0 Å². The average Bonchev–Trinajstić information content (AvgIpc) is 2.14. The molecule has 0 unspecified atom stereocenters. The number of rotatable bonds is 1. The third-order valence-electron chi connectivity index (χ3n) is 1.22. The van der Waals surface area contributed by atoms with E-state index in [0.29, 0.717) is 0 Å². The Bertz CT molecular complexity index is 62.6. The van der Waals surface area contributed by atoms with Crippen LogP contribution in [-0.4, -0.2) is 11.4 Å². The maximum atomic E-state index is 3.64. The van der Waals surface area contributed by atoms with Crippen molar-refractivity contribution in [1.29, 1.82) is 0 Å². The van der Waals surface area contributed by atoms with Crippen LogP contribution in [0.3, 0.4) is 0 Å². The molecule has 0 amide bonds. The van der Waals surface area contributed by atoms with Crippen molar-refractivity contribution in [3.63, 3.8) is 0 Å². The Kier molecular flexibility index (Phi) is 1.35. The highest BCUT2D eigenvalue weighted by molar-refractivity contribution is 4.83. The number of hydrogen-bond donors (Lipinski definition) is 0. The van der Waals surface area contributed by atoms with E-state index < -0.39 is 0 Å². The first-order valence-corrected chi connectivity index (χ1v) is 2.65. The molecule has 39 valence electrons. The molecule has 1 radical (unpaired) electrons. The fourth-order valence-corrected chi connectivity index (χ4v) is 0.788. The minimum atomic E-state index is 1.17. The Morgan fingerprint density at radius 3 is 2.86 bits per heavy atom. The van der Waals surface area contributed by atoms with Crippen LogP contribution in [0.15, 0.2) is 12.8 Å². The first-order valence-electron chi connectivity index (χ1n) is 2.65. The third kappa shape index (κ3) is 0.952. The van der Waals surface area contributed by atoms with E-state index in [4.69, 9.17) is 0 Å². The molecule has 0 aromatic heterocycles. The van der Waals surface area contributed by atoms with Gasteiger partial charge in [0.25, 0.3) is 0 Å². The van der Waals surface area contributed by atoms with Crippen LogP contribution in [-0.2, 0) is 0 Å². The molecule has 1 aliphatic rings. The van der Waals surface area contributed by atoms with E-state index in [2.05, 4.69) is 18.0 Å². The van der Waals surface area contributed by atoms with Crippen molar-refractivity contribution in [3.8, 4) is 0 Å². The highest BCUT2D eigenvalue weighted by Gasteiger charge is 2.04. The van der Waals surface area contributed by atoms with E-state index in [-0.39, 0.29) is 0 Å². The number of hydrogen-bond acceptors (Lipinski definition) is 1. The number of nitrogens with zero attached hydrogens (tertiary/aromatic N) is 1. The maximum Gasteiger partial charge on any atom is 0.0488 e. The Morgan fingerprint density at radius 1 is 1.71 bits per heavy atom. The van der Waals surface area contributed by atoms with Crippen LogP contribution in [0, 0.1) is 6.54 Å². The van der Waals surface area contributed by atoms with E-state index in [9.17, 15) is 0 Å². The van der Waals surface area contributed by atoms with Crippen molar-refractivity contribution >= 4 is 0 Å². The summed E-state index contributed by atoms with van der Waals surface area (Å²) >= 11 is 0. The van der Waals surface area contributed by atoms with E-state index in [1.165, 1.54) is 19.4 Å². The summed E-state index contributed by atoms with van der Waals surface area (Å²) in [7, 11) is 0. The van der Waals surface area contributed by atoms with Gasteiger partial charge < -0.3 is 4.90 Å². The molecule has 1 rings (SSSR count). The SMILES string of the molecule is C=CN1[CH]CCC1. The summed E-state index contributed by atoms with van der Waals surface area (Å²) in [5.41, 5.74) is 0. The van der Waals surface area contributed by atoms with Crippen molar-refractivity contribution in [3.05, 3.63) is 19.3 Å². The van der Waals surface area contributed by atoms with E-state index in [1.54, 1.807) is 0 Å². The van der Waals surface area contributed by atoms with Crippen LogP contribution in [0.2, 0.25) is 0 Å². The molecular formula is C6H10N. The number of likely N-dealkylation sites (tertiary alicyclic amines) is 1. The minimum Gasteiger partial charge on any atom is -0.373 e. The molecule has 0 N–H and O–H groups in total. The molecule has 1 aliphatic heterocycles. The maximum absolute atomic E-state index is 3.64. The van der Waals surface area contributed by atoms with Crippen LogP contribution in [0.4, 0.5) is 0 Å². The first-order chi connectivity index (χ1) is 3.43. The van der Waals surface area contributed by atoms with Crippen molar-refractivity contribution in [2.45, 2.75) is 12.8 Å². The molecule has 0 bridgehead atoms. The molecule has 0 aliphatic carbocycles. The fraction of sp³-hybridized carbons (Fsp3) is 0.500. The zero-order chi connectivity index (χ0) is 5.11. The predicted octanol–water partition coefficient (Wildman–Crippen LogP) is 1.39. The average molecular weight is 96.2 g/mol. The van der Waals surface area contributed by atoms with Crippen LogP contribution in [0.5, 0.6) is 0 Å². The molecule has 0 aromatic rings. The zero-order valence-corrected chi connectivity index (χ0v) is 4.43. The van der Waals surface area contributed by atoms with Gasteiger partial charge in [-0.2, -0.15) is 0 Å². The summed E-state index contributed by atoms with van der Waals surface area (Å²) in [5, 5.41) is 0. The summed E-state index contributed by atoms with van der Waals surface area (Å²) in [6.07, 6.45) is 4.39. The van der Waals surface area contributed by atoms with Gasteiger partial charge in [-0.15, -0.1) is 0 Å². The lowest BCUT2D eigenvalue weighted by molar-refractivity contribution is 0.529. The van der Waals surface area contributed by atoms with Crippen LogP contribution in [0.25, 0.3) is 0 Å². The summed E-state index contributed by atoms with van der Waals surface area (Å²) in [5.74, 6) is 0. The molecule has 1 nitrogen and oxygen atoms in total. The van der Waals surface area contributed by atoms with Gasteiger partial charge in [-0.05, 0) is 19.0 Å². The molecular weight excluding hydrogens is 86.1 g/mol. The van der Waals surface area contributed by atoms with Crippen LogP contribution >= 0.6 is 0 Å². The molecule has 0 saturated carbocycles. The molecule has 1 heterocycles. The normalized spacial score (nSPS) is 20.3. The fourth-order valence-electron chi connectivity index (χ4n) is 0.788. The predicted molar refractivity (Wildman–Crippen MR) is 30.4 cm³/mol. The Balaban J connectivity index is 2.26. The second-order valence-corrected chi connectivity index (χ2v) is 1.75. The highest BCUT2D eigenvalue weighted by atomic mass is 15.1. The second kappa shape index (κ2) is 2.01. The topological polar surface area (TPSA) is 3.24 Å². The van der Waals surface area contributed by atoms with Gasteiger partial charge in [0, 0.05) is 13.1 Å². The van der Waals surface area contributed by atoms with Gasteiger partial charge in [0.2, 0.25) is 0 Å². The highest BCUT2D eigenvalue weighted by Crippen LogP contribution is 2.10. The van der Waals surface area contributed by atoms with Gasteiger partial charge in [-0.25, -0.2) is 0 Å². The molecule has 0 aromatic carbocycles.